The number of nitrogens with zero attached hydrogens (tertiary/aromatic N) is 3. The monoisotopic (exact) mass is 502 g/mol. The van der Waals surface area contributed by atoms with Crippen LogP contribution >= 0.6 is 11.6 Å². The van der Waals surface area contributed by atoms with Crippen molar-refractivity contribution in [3.05, 3.63) is 70.6 Å². The van der Waals surface area contributed by atoms with Crippen molar-refractivity contribution in [2.45, 2.75) is 32.9 Å². The van der Waals surface area contributed by atoms with Gasteiger partial charge in [-0.25, -0.2) is 4.39 Å². The lowest BCUT2D eigenvalue weighted by molar-refractivity contribution is 0.305. The van der Waals surface area contributed by atoms with Gasteiger partial charge in [0.15, 0.2) is 0 Å². The van der Waals surface area contributed by atoms with Crippen molar-refractivity contribution in [2.24, 2.45) is 0 Å². The molecule has 0 spiro atoms. The highest BCUT2D eigenvalue weighted by Gasteiger charge is 2.38. The van der Waals surface area contributed by atoms with E-state index < -0.39 is 10.2 Å². The molecule has 0 bridgehead atoms. The summed E-state index contributed by atoms with van der Waals surface area (Å²) in [6, 6.07) is 10.1. The molecule has 0 saturated heterocycles. The molecule has 3 heterocycles. The SMILES string of the molecule is CC(C)N1Cc2c(Cl)cccc2N(CCN2CC=C(c3c[nH]c4cc(F)ccc34)CC2)S1(=O)=O. The minimum absolute atomic E-state index is 0.165. The van der Waals surface area contributed by atoms with Gasteiger partial charge >= 0.3 is 10.2 Å². The van der Waals surface area contributed by atoms with Gasteiger partial charge in [-0.15, -0.1) is 0 Å². The fraction of sp³-hybridized carbons (Fsp3) is 0.360. The largest absolute Gasteiger partial charge is 0.360 e. The number of H-pyrrole nitrogens is 1. The number of aromatic amines is 1. The summed E-state index contributed by atoms with van der Waals surface area (Å²) in [5, 5.41) is 1.61. The summed E-state index contributed by atoms with van der Waals surface area (Å²) in [5.74, 6) is -0.253. The Bertz CT molecular complexity index is 1370. The van der Waals surface area contributed by atoms with Gasteiger partial charge in [-0.2, -0.15) is 12.7 Å². The predicted molar refractivity (Wildman–Crippen MR) is 136 cm³/mol. The summed E-state index contributed by atoms with van der Waals surface area (Å²) in [6.45, 7) is 6.57. The van der Waals surface area contributed by atoms with Crippen LogP contribution in [-0.2, 0) is 16.8 Å². The van der Waals surface area contributed by atoms with Crippen LogP contribution < -0.4 is 4.31 Å². The van der Waals surface area contributed by atoms with Crippen LogP contribution in [0.3, 0.4) is 0 Å². The molecule has 6 nitrogen and oxygen atoms in total. The molecule has 3 aromatic rings. The van der Waals surface area contributed by atoms with Crippen LogP contribution in [0.1, 0.15) is 31.4 Å². The first-order valence-corrected chi connectivity index (χ1v) is 13.3. The number of nitrogens with one attached hydrogen (secondary N) is 1. The molecular weight excluding hydrogens is 475 g/mol. The van der Waals surface area contributed by atoms with Gasteiger partial charge in [-0.3, -0.25) is 9.21 Å². The van der Waals surface area contributed by atoms with Crippen molar-refractivity contribution in [2.75, 3.05) is 30.5 Å². The zero-order valence-electron chi connectivity index (χ0n) is 19.3. The molecule has 0 fully saturated rings. The highest BCUT2D eigenvalue weighted by atomic mass is 35.5. The van der Waals surface area contributed by atoms with Gasteiger partial charge in [0.05, 0.1) is 5.69 Å². The van der Waals surface area contributed by atoms with E-state index in [0.29, 0.717) is 23.8 Å². The number of rotatable bonds is 5. The Morgan fingerprint density at radius 3 is 2.74 bits per heavy atom. The summed E-state index contributed by atoms with van der Waals surface area (Å²) in [5.41, 5.74) is 4.64. The summed E-state index contributed by atoms with van der Waals surface area (Å²) < 4.78 is 43.3. The van der Waals surface area contributed by atoms with Crippen molar-refractivity contribution < 1.29 is 12.8 Å². The van der Waals surface area contributed by atoms with Crippen molar-refractivity contribution in [1.29, 1.82) is 0 Å². The minimum Gasteiger partial charge on any atom is -0.360 e. The van der Waals surface area contributed by atoms with E-state index in [1.54, 1.807) is 6.07 Å². The van der Waals surface area contributed by atoms with Crippen LogP contribution in [0, 0.1) is 5.82 Å². The summed E-state index contributed by atoms with van der Waals surface area (Å²) >= 11 is 6.44. The van der Waals surface area contributed by atoms with Gasteiger partial charge in [0.25, 0.3) is 0 Å². The molecule has 1 N–H and O–H groups in total. The molecule has 9 heteroatoms. The molecule has 2 aromatic carbocycles. The topological polar surface area (TPSA) is 59.6 Å². The fourth-order valence-corrected chi connectivity index (χ4v) is 6.91. The quantitative estimate of drug-likeness (QED) is 0.532. The van der Waals surface area contributed by atoms with Crippen molar-refractivity contribution >= 4 is 44.0 Å². The Labute approximate surface area is 204 Å². The van der Waals surface area contributed by atoms with Crippen molar-refractivity contribution in [3.8, 4) is 0 Å². The maximum Gasteiger partial charge on any atom is 0.304 e. The summed E-state index contributed by atoms with van der Waals surface area (Å²) in [6.07, 6.45) is 4.97. The van der Waals surface area contributed by atoms with E-state index in [1.807, 2.05) is 38.2 Å². The third kappa shape index (κ3) is 4.13. The Kier molecular flexibility index (Phi) is 6.18. The maximum atomic E-state index is 13.5. The molecular formula is C25H28ClFN4O2S. The molecule has 0 amide bonds. The predicted octanol–water partition coefficient (Wildman–Crippen LogP) is 5.02. The second kappa shape index (κ2) is 9.00. The van der Waals surface area contributed by atoms with Crippen LogP contribution in [-0.4, -0.2) is 54.8 Å². The van der Waals surface area contributed by atoms with Gasteiger partial charge in [0.1, 0.15) is 5.82 Å². The number of aromatic nitrogens is 1. The Morgan fingerprint density at radius 1 is 1.18 bits per heavy atom. The number of fused-ring (bicyclic) bond motifs is 2. The van der Waals surface area contributed by atoms with Crippen LogP contribution in [0.15, 0.2) is 48.7 Å². The van der Waals surface area contributed by atoms with E-state index in [-0.39, 0.29) is 18.4 Å². The third-order valence-electron chi connectivity index (χ3n) is 6.73. The third-order valence-corrected chi connectivity index (χ3v) is 9.16. The van der Waals surface area contributed by atoms with E-state index >= 15 is 0 Å². The number of halogens is 2. The van der Waals surface area contributed by atoms with E-state index in [9.17, 15) is 12.8 Å². The van der Waals surface area contributed by atoms with Gasteiger partial charge in [0, 0.05) is 72.0 Å². The van der Waals surface area contributed by atoms with Gasteiger partial charge in [-0.1, -0.05) is 23.7 Å². The van der Waals surface area contributed by atoms with Crippen molar-refractivity contribution in [1.82, 2.24) is 14.2 Å². The molecule has 0 unspecified atom stereocenters. The second-order valence-electron chi connectivity index (χ2n) is 9.13. The number of benzene rings is 2. The molecule has 0 saturated carbocycles. The Hall–Kier alpha value is -2.39. The zero-order chi connectivity index (χ0) is 24.0. The standard InChI is InChI=1S/C25H28ClFN4O2S/c1-17(2)31-16-22-23(26)4-3-5-25(22)30(34(31,32)33)13-12-29-10-8-18(9-11-29)21-15-28-24-14-19(27)6-7-20(21)24/h3-8,14-15,17,28H,9-13,16H2,1-2H3. The second-order valence-corrected chi connectivity index (χ2v) is 11.3. The van der Waals surface area contributed by atoms with Crippen molar-refractivity contribution in [3.63, 3.8) is 0 Å². The lowest BCUT2D eigenvalue weighted by Gasteiger charge is -2.40. The van der Waals surface area contributed by atoms with E-state index in [0.717, 1.165) is 41.5 Å². The number of anilines is 1. The molecule has 0 aliphatic carbocycles. The normalized spacial score (nSPS) is 19.0. The first-order chi connectivity index (χ1) is 16.3. The molecule has 1 aromatic heterocycles. The van der Waals surface area contributed by atoms with Gasteiger partial charge in [0.2, 0.25) is 0 Å². The molecule has 180 valence electrons. The smallest absolute Gasteiger partial charge is 0.304 e. The van der Waals surface area contributed by atoms with Crippen LogP contribution in [0.4, 0.5) is 10.1 Å². The average molecular weight is 503 g/mol. The summed E-state index contributed by atoms with van der Waals surface area (Å²) in [7, 11) is -3.64. The molecule has 0 atom stereocenters. The molecule has 5 rings (SSSR count). The number of hydrogen-bond donors (Lipinski definition) is 1. The molecule has 2 aliphatic heterocycles. The number of hydrogen-bond acceptors (Lipinski definition) is 3. The molecule has 34 heavy (non-hydrogen) atoms. The molecule has 2 aliphatic rings. The highest BCUT2D eigenvalue weighted by Crippen LogP contribution is 2.37. The van der Waals surface area contributed by atoms with Crippen LogP contribution in [0.2, 0.25) is 5.02 Å². The van der Waals surface area contributed by atoms with Crippen LogP contribution in [0.25, 0.3) is 16.5 Å². The van der Waals surface area contributed by atoms with E-state index in [1.165, 1.54) is 26.3 Å². The highest BCUT2D eigenvalue weighted by molar-refractivity contribution is 7.90. The van der Waals surface area contributed by atoms with Crippen LogP contribution in [0.5, 0.6) is 0 Å². The average Bonchev–Trinajstić information content (AvgIpc) is 3.21. The first-order valence-electron chi connectivity index (χ1n) is 11.5. The van der Waals surface area contributed by atoms with E-state index in [4.69, 9.17) is 11.6 Å². The first kappa shape index (κ1) is 23.4. The fourth-order valence-electron chi connectivity index (χ4n) is 4.87. The minimum atomic E-state index is -3.64. The molecule has 0 radical (unpaired) electrons. The van der Waals surface area contributed by atoms with Gasteiger partial charge < -0.3 is 4.98 Å². The maximum absolute atomic E-state index is 13.5. The van der Waals surface area contributed by atoms with E-state index in [2.05, 4.69) is 16.0 Å². The summed E-state index contributed by atoms with van der Waals surface area (Å²) in [4.78, 5) is 5.41. The zero-order valence-corrected chi connectivity index (χ0v) is 20.8. The lowest BCUT2D eigenvalue weighted by atomic mass is 9.99. The Morgan fingerprint density at radius 2 is 2.00 bits per heavy atom. The Balaban J connectivity index is 1.33. The lowest BCUT2D eigenvalue weighted by Crippen LogP contribution is -2.52. The van der Waals surface area contributed by atoms with Gasteiger partial charge in [-0.05, 0) is 56.2 Å².